The Hall–Kier alpha value is -2.48. The number of nitrogens with one attached hydrogen (secondary N) is 1. The van der Waals surface area contributed by atoms with Gasteiger partial charge >= 0.3 is 6.03 Å². The Kier molecular flexibility index (Phi) is 3.31. The molecule has 1 aromatic rings. The van der Waals surface area contributed by atoms with E-state index in [0.29, 0.717) is 29.8 Å². The number of imide groups is 1. The number of amides is 3. The van der Waals surface area contributed by atoms with Crippen molar-refractivity contribution in [3.05, 3.63) is 23.2 Å². The van der Waals surface area contributed by atoms with E-state index in [1.165, 1.54) is 4.90 Å². The summed E-state index contributed by atoms with van der Waals surface area (Å²) in [5.74, 6) is 1.01. The van der Waals surface area contributed by atoms with Crippen LogP contribution in [0.2, 0.25) is 5.02 Å². The molecule has 8 nitrogen and oxygen atoms in total. The second-order valence-electron chi connectivity index (χ2n) is 5.85. The molecule has 1 aromatic carbocycles. The third-order valence-corrected chi connectivity index (χ3v) is 4.81. The van der Waals surface area contributed by atoms with Crippen molar-refractivity contribution in [2.24, 2.45) is 4.99 Å². The number of aliphatic imine (C=N–C) groups is 1. The summed E-state index contributed by atoms with van der Waals surface area (Å²) in [6, 6.07) is 4.43. The van der Waals surface area contributed by atoms with Gasteiger partial charge in [0.2, 0.25) is 5.96 Å². The molecule has 0 spiro atoms. The maximum Gasteiger partial charge on any atom is 0.325 e. The summed E-state index contributed by atoms with van der Waals surface area (Å²) in [4.78, 5) is 34.0. The number of carbonyl (C=O) groups excluding carboxylic acids is 2. The van der Waals surface area contributed by atoms with Crippen LogP contribution in [0.1, 0.15) is 0 Å². The van der Waals surface area contributed by atoms with Gasteiger partial charge in [0.25, 0.3) is 5.91 Å². The average Bonchev–Trinajstić information content (AvgIpc) is 3.11. The summed E-state index contributed by atoms with van der Waals surface area (Å²) >= 11 is 6.13. The largest absolute Gasteiger partial charge is 0.495 e. The van der Waals surface area contributed by atoms with E-state index in [2.05, 4.69) is 10.3 Å². The Labute approximate surface area is 143 Å². The molecule has 1 N–H and O–H groups in total. The zero-order valence-electron chi connectivity index (χ0n) is 13.2. The summed E-state index contributed by atoms with van der Waals surface area (Å²) in [6.45, 7) is 1.29. The highest BCUT2D eigenvalue weighted by molar-refractivity contribution is 6.31. The number of nitrogens with zero attached hydrogens (tertiary/aromatic N) is 4. The zero-order chi connectivity index (χ0) is 17.0. The second-order valence-corrected chi connectivity index (χ2v) is 6.29. The van der Waals surface area contributed by atoms with Crippen molar-refractivity contribution in [3.8, 4) is 5.75 Å². The molecule has 0 radical (unpaired) electrons. The van der Waals surface area contributed by atoms with Crippen molar-refractivity contribution >= 4 is 35.2 Å². The first kappa shape index (κ1) is 15.1. The van der Waals surface area contributed by atoms with E-state index in [4.69, 9.17) is 16.3 Å². The van der Waals surface area contributed by atoms with Crippen molar-refractivity contribution in [3.63, 3.8) is 0 Å². The predicted octanol–water partition coefficient (Wildman–Crippen LogP) is 0.716. The van der Waals surface area contributed by atoms with Crippen LogP contribution in [-0.4, -0.2) is 67.2 Å². The van der Waals surface area contributed by atoms with Crippen LogP contribution in [0.15, 0.2) is 23.2 Å². The molecule has 4 rings (SSSR count). The molecule has 3 aliphatic rings. The van der Waals surface area contributed by atoms with Gasteiger partial charge in [-0.05, 0) is 18.2 Å². The standard InChI is InChI=1S/C15H16ClN5O3/c1-19-12-11(13(22)18-15(19)23)21-6-5-20(14(21)17-12)9-7-8(16)3-4-10(9)24-2/h3-4,7,11-12H,5-6H2,1-2H3,(H,18,22,23). The normalized spacial score (nSPS) is 25.5. The van der Waals surface area contributed by atoms with Crippen LogP contribution < -0.4 is 15.0 Å². The van der Waals surface area contributed by atoms with Crippen LogP contribution in [0.5, 0.6) is 5.75 Å². The van der Waals surface area contributed by atoms with Gasteiger partial charge in [0.1, 0.15) is 5.75 Å². The first-order valence-corrected chi connectivity index (χ1v) is 7.92. The van der Waals surface area contributed by atoms with Crippen LogP contribution in [0.25, 0.3) is 0 Å². The van der Waals surface area contributed by atoms with Gasteiger partial charge in [-0.25, -0.2) is 9.79 Å². The van der Waals surface area contributed by atoms with Crippen molar-refractivity contribution in [2.45, 2.75) is 12.2 Å². The van der Waals surface area contributed by atoms with Gasteiger partial charge in [0.15, 0.2) is 12.2 Å². The monoisotopic (exact) mass is 349 g/mol. The molecule has 24 heavy (non-hydrogen) atoms. The quantitative estimate of drug-likeness (QED) is 0.851. The van der Waals surface area contributed by atoms with Gasteiger partial charge in [-0.1, -0.05) is 11.6 Å². The number of urea groups is 1. The van der Waals surface area contributed by atoms with Crippen LogP contribution in [0.3, 0.4) is 0 Å². The average molecular weight is 350 g/mol. The maximum atomic E-state index is 12.3. The maximum absolute atomic E-state index is 12.3. The summed E-state index contributed by atoms with van der Waals surface area (Å²) < 4.78 is 5.42. The molecule has 0 saturated carbocycles. The minimum absolute atomic E-state index is 0.318. The first-order chi connectivity index (χ1) is 11.5. The number of hydrogen-bond acceptors (Lipinski definition) is 6. The molecular weight excluding hydrogens is 334 g/mol. The molecule has 9 heteroatoms. The van der Waals surface area contributed by atoms with Crippen molar-refractivity contribution in [1.82, 2.24) is 15.1 Å². The van der Waals surface area contributed by atoms with E-state index >= 15 is 0 Å². The molecule has 2 saturated heterocycles. The van der Waals surface area contributed by atoms with E-state index in [-0.39, 0.29) is 5.91 Å². The lowest BCUT2D eigenvalue weighted by atomic mass is 10.1. The third kappa shape index (κ3) is 2.02. The van der Waals surface area contributed by atoms with Gasteiger partial charge in [-0.15, -0.1) is 0 Å². The van der Waals surface area contributed by atoms with Crippen molar-refractivity contribution in [1.29, 1.82) is 0 Å². The number of methoxy groups -OCH3 is 1. The van der Waals surface area contributed by atoms with E-state index in [1.807, 2.05) is 15.9 Å². The SMILES string of the molecule is COc1ccc(Cl)cc1N1CCN2C1=NC1C2C(=O)NC(=O)N1C. The number of halogens is 1. The molecule has 126 valence electrons. The minimum atomic E-state index is -0.519. The van der Waals surface area contributed by atoms with Crippen molar-refractivity contribution < 1.29 is 14.3 Å². The summed E-state index contributed by atoms with van der Waals surface area (Å²) in [5, 5.41) is 2.96. The highest BCUT2D eigenvalue weighted by Gasteiger charge is 2.52. The Balaban J connectivity index is 1.74. The van der Waals surface area contributed by atoms with Gasteiger partial charge < -0.3 is 19.4 Å². The minimum Gasteiger partial charge on any atom is -0.495 e. The van der Waals surface area contributed by atoms with Gasteiger partial charge in [0.05, 0.1) is 12.8 Å². The fraction of sp³-hybridized carbons (Fsp3) is 0.400. The number of ether oxygens (including phenoxy) is 1. The lowest BCUT2D eigenvalue weighted by molar-refractivity contribution is -0.126. The molecule has 3 amide bonds. The predicted molar refractivity (Wildman–Crippen MR) is 88.4 cm³/mol. The number of rotatable bonds is 2. The Morgan fingerprint density at radius 1 is 1.33 bits per heavy atom. The fourth-order valence-electron chi connectivity index (χ4n) is 3.39. The number of anilines is 1. The van der Waals surface area contributed by atoms with Gasteiger partial charge in [-0.3, -0.25) is 10.1 Å². The number of fused-ring (bicyclic) bond motifs is 3. The van der Waals surface area contributed by atoms with Crippen molar-refractivity contribution in [2.75, 3.05) is 32.1 Å². The molecule has 0 aromatic heterocycles. The zero-order valence-corrected chi connectivity index (χ0v) is 13.9. The first-order valence-electron chi connectivity index (χ1n) is 7.54. The van der Waals surface area contributed by atoms with Crippen LogP contribution in [-0.2, 0) is 4.79 Å². The molecule has 0 aliphatic carbocycles. The molecule has 2 unspecified atom stereocenters. The van der Waals surface area contributed by atoms with E-state index in [1.54, 1.807) is 26.3 Å². The van der Waals surface area contributed by atoms with E-state index in [9.17, 15) is 9.59 Å². The van der Waals surface area contributed by atoms with Gasteiger partial charge in [-0.2, -0.15) is 0 Å². The second kappa shape index (κ2) is 5.27. The van der Waals surface area contributed by atoms with Gasteiger partial charge in [0, 0.05) is 25.2 Å². The molecule has 2 atom stereocenters. The van der Waals surface area contributed by atoms with E-state index in [0.717, 1.165) is 5.69 Å². The number of likely N-dealkylation sites (N-methyl/N-ethyl adjacent to an activating group) is 1. The molecular formula is C15H16ClN5O3. The fourth-order valence-corrected chi connectivity index (χ4v) is 3.55. The Bertz CT molecular complexity index is 767. The Morgan fingerprint density at radius 3 is 2.88 bits per heavy atom. The third-order valence-electron chi connectivity index (χ3n) is 4.58. The molecule has 2 fully saturated rings. The molecule has 3 aliphatic heterocycles. The topological polar surface area (TPSA) is 77.5 Å². The van der Waals surface area contributed by atoms with E-state index < -0.39 is 18.2 Å². The van der Waals surface area contributed by atoms with Crippen LogP contribution in [0.4, 0.5) is 10.5 Å². The number of guanidine groups is 1. The molecule has 3 heterocycles. The lowest BCUT2D eigenvalue weighted by Gasteiger charge is -2.34. The Morgan fingerprint density at radius 2 is 2.12 bits per heavy atom. The number of carbonyl (C=O) groups is 2. The highest BCUT2D eigenvalue weighted by Crippen LogP contribution is 2.37. The van der Waals surface area contributed by atoms with Crippen LogP contribution >= 0.6 is 11.6 Å². The molecule has 0 bridgehead atoms. The van der Waals surface area contributed by atoms with Crippen LogP contribution in [0, 0.1) is 0 Å². The smallest absolute Gasteiger partial charge is 0.325 e. The summed E-state index contributed by atoms with van der Waals surface area (Å²) in [5.41, 5.74) is 0.791. The highest BCUT2D eigenvalue weighted by atomic mass is 35.5. The summed E-state index contributed by atoms with van der Waals surface area (Å²) in [6.07, 6.45) is -0.519. The number of hydrogen-bond donors (Lipinski definition) is 1. The number of benzene rings is 1. The summed E-state index contributed by atoms with van der Waals surface area (Å²) in [7, 11) is 3.23. The lowest BCUT2D eigenvalue weighted by Crippen LogP contribution is -2.63.